The van der Waals surface area contributed by atoms with Gasteiger partial charge in [-0.1, -0.05) is 0 Å². The summed E-state index contributed by atoms with van der Waals surface area (Å²) in [4.78, 5) is 18.5. The average molecular weight is 355 g/mol. The maximum Gasteiger partial charge on any atom is 0.157 e. The third kappa shape index (κ3) is 3.48. The fraction of sp³-hybridized carbons (Fsp3) is 0.316. The molecule has 7 heteroatoms. The molecule has 1 aromatic carbocycles. The third-order valence-corrected chi connectivity index (χ3v) is 4.83. The Morgan fingerprint density at radius 1 is 1.04 bits per heavy atom. The minimum atomic E-state index is -0.404. The molecule has 0 bridgehead atoms. The molecule has 26 heavy (non-hydrogen) atoms. The van der Waals surface area contributed by atoms with Gasteiger partial charge >= 0.3 is 0 Å². The number of hydrogen-bond acceptors (Lipinski definition) is 4. The fourth-order valence-electron chi connectivity index (χ4n) is 3.49. The predicted molar refractivity (Wildman–Crippen MR) is 93.2 cm³/mol. The van der Waals surface area contributed by atoms with Gasteiger partial charge in [-0.05, 0) is 44.1 Å². The van der Waals surface area contributed by atoms with Gasteiger partial charge in [-0.15, -0.1) is 0 Å². The van der Waals surface area contributed by atoms with E-state index in [4.69, 9.17) is 0 Å². The van der Waals surface area contributed by atoms with Crippen LogP contribution in [0.15, 0.2) is 43.0 Å². The maximum absolute atomic E-state index is 13.9. The standard InChI is InChI=1S/C19H19F2N5/c20-15-1-2-16(21)14(11-15)12-26-9-3-13(4-10-26)17-18(23-6-5-22-17)19-24-7-8-25-19/h1-2,5-8,11,13H,3-4,9-10,12H2,(H,24,25). The highest BCUT2D eigenvalue weighted by atomic mass is 19.1. The lowest BCUT2D eigenvalue weighted by Crippen LogP contribution is -2.33. The molecule has 1 N–H and O–H groups in total. The second kappa shape index (κ2) is 7.29. The summed E-state index contributed by atoms with van der Waals surface area (Å²) in [5.41, 5.74) is 2.13. The lowest BCUT2D eigenvalue weighted by atomic mass is 9.91. The van der Waals surface area contributed by atoms with Crippen molar-refractivity contribution in [1.82, 2.24) is 24.8 Å². The van der Waals surface area contributed by atoms with Crippen molar-refractivity contribution in [3.05, 3.63) is 65.9 Å². The molecular weight excluding hydrogens is 336 g/mol. The quantitative estimate of drug-likeness (QED) is 0.778. The third-order valence-electron chi connectivity index (χ3n) is 4.83. The van der Waals surface area contributed by atoms with E-state index in [1.807, 2.05) is 0 Å². The van der Waals surface area contributed by atoms with Crippen molar-refractivity contribution in [1.29, 1.82) is 0 Å². The van der Waals surface area contributed by atoms with Crippen molar-refractivity contribution >= 4 is 0 Å². The van der Waals surface area contributed by atoms with Gasteiger partial charge < -0.3 is 4.98 Å². The van der Waals surface area contributed by atoms with E-state index in [2.05, 4.69) is 24.8 Å². The number of benzene rings is 1. The van der Waals surface area contributed by atoms with Gasteiger partial charge in [0.15, 0.2) is 5.82 Å². The number of imidazole rings is 1. The molecule has 0 amide bonds. The van der Waals surface area contributed by atoms with Crippen LogP contribution in [-0.4, -0.2) is 37.9 Å². The van der Waals surface area contributed by atoms with Gasteiger partial charge in [-0.25, -0.2) is 18.7 Å². The smallest absolute Gasteiger partial charge is 0.157 e. The molecule has 1 aliphatic heterocycles. The Morgan fingerprint density at radius 2 is 1.85 bits per heavy atom. The zero-order chi connectivity index (χ0) is 17.9. The number of piperidine rings is 1. The summed E-state index contributed by atoms with van der Waals surface area (Å²) in [6, 6.07) is 3.61. The molecule has 134 valence electrons. The van der Waals surface area contributed by atoms with Crippen molar-refractivity contribution in [3.8, 4) is 11.5 Å². The van der Waals surface area contributed by atoms with E-state index in [1.54, 1.807) is 24.8 Å². The molecule has 4 rings (SSSR count). The van der Waals surface area contributed by atoms with Gasteiger partial charge in [-0.3, -0.25) is 9.88 Å². The van der Waals surface area contributed by atoms with E-state index in [1.165, 1.54) is 12.1 Å². The number of nitrogens with zero attached hydrogens (tertiary/aromatic N) is 4. The topological polar surface area (TPSA) is 57.7 Å². The van der Waals surface area contributed by atoms with Crippen LogP contribution in [0.2, 0.25) is 0 Å². The lowest BCUT2D eigenvalue weighted by molar-refractivity contribution is 0.201. The molecule has 1 fully saturated rings. The summed E-state index contributed by atoms with van der Waals surface area (Å²) in [5, 5.41) is 0. The minimum Gasteiger partial charge on any atom is -0.343 e. The summed E-state index contributed by atoms with van der Waals surface area (Å²) in [6.45, 7) is 2.02. The summed E-state index contributed by atoms with van der Waals surface area (Å²) in [5.74, 6) is 0.233. The Bertz CT molecular complexity index is 873. The molecule has 1 aliphatic rings. The summed E-state index contributed by atoms with van der Waals surface area (Å²) in [6.07, 6.45) is 8.63. The van der Waals surface area contributed by atoms with Crippen molar-refractivity contribution in [3.63, 3.8) is 0 Å². The van der Waals surface area contributed by atoms with E-state index >= 15 is 0 Å². The van der Waals surface area contributed by atoms with Gasteiger partial charge in [0.25, 0.3) is 0 Å². The second-order valence-corrected chi connectivity index (χ2v) is 6.51. The van der Waals surface area contributed by atoms with Crippen LogP contribution in [0.1, 0.15) is 30.0 Å². The highest BCUT2D eigenvalue weighted by Crippen LogP contribution is 2.32. The van der Waals surface area contributed by atoms with Crippen LogP contribution in [-0.2, 0) is 6.54 Å². The van der Waals surface area contributed by atoms with E-state index in [0.29, 0.717) is 12.1 Å². The molecule has 0 aliphatic carbocycles. The van der Waals surface area contributed by atoms with E-state index in [0.717, 1.165) is 49.2 Å². The lowest BCUT2D eigenvalue weighted by Gasteiger charge is -2.32. The molecule has 0 saturated carbocycles. The first-order valence-electron chi connectivity index (χ1n) is 8.67. The molecule has 2 aromatic heterocycles. The first-order chi connectivity index (χ1) is 12.7. The molecule has 0 spiro atoms. The monoisotopic (exact) mass is 355 g/mol. The number of nitrogens with one attached hydrogen (secondary N) is 1. The Labute approximate surface area is 150 Å². The van der Waals surface area contributed by atoms with Crippen molar-refractivity contribution in [2.75, 3.05) is 13.1 Å². The van der Waals surface area contributed by atoms with Crippen LogP contribution in [0.3, 0.4) is 0 Å². The van der Waals surface area contributed by atoms with Crippen LogP contribution in [0.25, 0.3) is 11.5 Å². The molecule has 3 aromatic rings. The Hall–Kier alpha value is -2.67. The Kier molecular flexibility index (Phi) is 4.71. The van der Waals surface area contributed by atoms with Gasteiger partial charge in [0.1, 0.15) is 17.3 Å². The second-order valence-electron chi connectivity index (χ2n) is 6.51. The Balaban J connectivity index is 1.45. The van der Waals surface area contributed by atoms with Crippen LogP contribution in [0, 0.1) is 11.6 Å². The number of aromatic nitrogens is 4. The zero-order valence-electron chi connectivity index (χ0n) is 14.2. The number of likely N-dealkylation sites (tertiary alicyclic amines) is 1. The summed E-state index contributed by atoms with van der Waals surface area (Å²) >= 11 is 0. The first-order valence-corrected chi connectivity index (χ1v) is 8.67. The molecule has 3 heterocycles. The predicted octanol–water partition coefficient (Wildman–Crippen LogP) is 3.52. The highest BCUT2D eigenvalue weighted by molar-refractivity contribution is 5.53. The highest BCUT2D eigenvalue weighted by Gasteiger charge is 2.25. The number of H-pyrrole nitrogens is 1. The van der Waals surface area contributed by atoms with Gasteiger partial charge in [0.2, 0.25) is 0 Å². The number of halogens is 2. The molecule has 1 saturated heterocycles. The molecular formula is C19H19F2N5. The Morgan fingerprint density at radius 3 is 2.62 bits per heavy atom. The van der Waals surface area contributed by atoms with Crippen LogP contribution in [0.5, 0.6) is 0 Å². The summed E-state index contributed by atoms with van der Waals surface area (Å²) < 4.78 is 27.2. The van der Waals surface area contributed by atoms with E-state index in [9.17, 15) is 8.78 Å². The van der Waals surface area contributed by atoms with Gasteiger partial charge in [0, 0.05) is 42.8 Å². The van der Waals surface area contributed by atoms with Gasteiger partial charge in [-0.2, -0.15) is 0 Å². The normalized spacial score (nSPS) is 16.1. The molecule has 0 atom stereocenters. The fourth-order valence-corrected chi connectivity index (χ4v) is 3.49. The average Bonchev–Trinajstić information content (AvgIpc) is 3.20. The zero-order valence-corrected chi connectivity index (χ0v) is 14.2. The SMILES string of the molecule is Fc1ccc(F)c(CN2CCC(c3nccnc3-c3ncc[nH]3)CC2)c1. The van der Waals surface area contributed by atoms with Crippen molar-refractivity contribution in [2.24, 2.45) is 0 Å². The van der Waals surface area contributed by atoms with Crippen molar-refractivity contribution < 1.29 is 8.78 Å². The van der Waals surface area contributed by atoms with Crippen molar-refractivity contribution in [2.45, 2.75) is 25.3 Å². The maximum atomic E-state index is 13.9. The van der Waals surface area contributed by atoms with Crippen LogP contribution in [0.4, 0.5) is 8.78 Å². The van der Waals surface area contributed by atoms with E-state index < -0.39 is 5.82 Å². The first kappa shape index (κ1) is 16.8. The minimum absolute atomic E-state index is 0.275. The van der Waals surface area contributed by atoms with E-state index in [-0.39, 0.29) is 11.7 Å². The molecule has 0 radical (unpaired) electrons. The van der Waals surface area contributed by atoms with Crippen LogP contribution < -0.4 is 0 Å². The molecule has 0 unspecified atom stereocenters. The van der Waals surface area contributed by atoms with Crippen LogP contribution >= 0.6 is 0 Å². The molecule has 5 nitrogen and oxygen atoms in total. The number of rotatable bonds is 4. The largest absolute Gasteiger partial charge is 0.343 e. The summed E-state index contributed by atoms with van der Waals surface area (Å²) in [7, 11) is 0. The van der Waals surface area contributed by atoms with Gasteiger partial charge in [0.05, 0.1) is 5.69 Å². The number of hydrogen-bond donors (Lipinski definition) is 1. The number of aromatic amines is 1.